The average Bonchev–Trinajstić information content (AvgIpc) is 3.54. The number of methoxy groups -OCH3 is 1. The van der Waals surface area contributed by atoms with Crippen molar-refractivity contribution in [3.63, 3.8) is 0 Å². The van der Waals surface area contributed by atoms with E-state index >= 15 is 0 Å². The smallest absolute Gasteiger partial charge is 0.267 e. The lowest BCUT2D eigenvalue weighted by molar-refractivity contribution is -0.126. The molecule has 6 rings (SSSR count). The van der Waals surface area contributed by atoms with E-state index in [1.54, 1.807) is 12.2 Å². The van der Waals surface area contributed by atoms with E-state index < -0.39 is 24.0 Å². The molecule has 3 atom stereocenters. The normalized spacial score (nSPS) is 23.3. The second-order valence-electron chi connectivity index (χ2n) is 8.95. The minimum Gasteiger partial charge on any atom is -0.497 e. The first-order valence-corrected chi connectivity index (χ1v) is 12.5. The van der Waals surface area contributed by atoms with Gasteiger partial charge in [0.1, 0.15) is 22.7 Å². The maximum atomic E-state index is 13.9. The SMILES string of the molecule is COc1ccc([C@H]2[C@H]3C(=O)N(c4sc5c(c4C#N)CCCC5)C(=O)[C@@H]3ON2c2ccccc2)cc1. The van der Waals surface area contributed by atoms with Gasteiger partial charge in [-0.2, -0.15) is 5.26 Å². The molecule has 0 unspecified atom stereocenters. The van der Waals surface area contributed by atoms with E-state index in [4.69, 9.17) is 9.57 Å². The molecule has 2 aliphatic heterocycles. The molecule has 3 aromatic rings. The van der Waals surface area contributed by atoms with Crippen molar-refractivity contribution < 1.29 is 19.2 Å². The molecule has 2 amide bonds. The number of hydrogen-bond donors (Lipinski definition) is 0. The molecular weight excluding hydrogens is 462 g/mol. The van der Waals surface area contributed by atoms with Gasteiger partial charge in [-0.15, -0.1) is 11.3 Å². The molecule has 0 saturated carbocycles. The number of benzene rings is 2. The Morgan fingerprint density at radius 3 is 2.49 bits per heavy atom. The zero-order valence-electron chi connectivity index (χ0n) is 19.1. The number of hydrogen-bond acceptors (Lipinski definition) is 7. The Balaban J connectivity index is 1.43. The first kappa shape index (κ1) is 21.8. The number of ether oxygens (including phenoxy) is 1. The van der Waals surface area contributed by atoms with Crippen molar-refractivity contribution >= 4 is 33.8 Å². The summed E-state index contributed by atoms with van der Waals surface area (Å²) in [6.07, 6.45) is 2.80. The molecule has 2 aromatic carbocycles. The molecule has 1 aromatic heterocycles. The molecule has 2 saturated heterocycles. The highest BCUT2D eigenvalue weighted by atomic mass is 32.1. The van der Waals surface area contributed by atoms with Gasteiger partial charge in [-0.1, -0.05) is 30.3 Å². The molecule has 0 N–H and O–H groups in total. The van der Waals surface area contributed by atoms with Crippen molar-refractivity contribution in [3.8, 4) is 11.8 Å². The van der Waals surface area contributed by atoms with Crippen molar-refractivity contribution in [1.29, 1.82) is 5.26 Å². The molecule has 3 aliphatic rings. The number of thiophene rings is 1. The van der Waals surface area contributed by atoms with E-state index in [1.165, 1.54) is 16.2 Å². The average molecular weight is 486 g/mol. The maximum absolute atomic E-state index is 13.9. The van der Waals surface area contributed by atoms with E-state index in [-0.39, 0.29) is 5.91 Å². The summed E-state index contributed by atoms with van der Waals surface area (Å²) in [6.45, 7) is 0. The van der Waals surface area contributed by atoms with Gasteiger partial charge in [-0.05, 0) is 61.1 Å². The Bertz CT molecular complexity index is 1350. The van der Waals surface area contributed by atoms with Gasteiger partial charge in [0.15, 0.2) is 6.10 Å². The number of aryl methyl sites for hydroxylation is 1. The van der Waals surface area contributed by atoms with Crippen molar-refractivity contribution in [1.82, 2.24) is 0 Å². The number of fused-ring (bicyclic) bond motifs is 2. The third kappa shape index (κ3) is 3.34. The zero-order valence-corrected chi connectivity index (χ0v) is 20.0. The molecular formula is C27H23N3O4S. The molecule has 8 heteroatoms. The predicted octanol–water partition coefficient (Wildman–Crippen LogP) is 4.56. The highest BCUT2D eigenvalue weighted by molar-refractivity contribution is 7.17. The van der Waals surface area contributed by atoms with Crippen molar-refractivity contribution in [2.24, 2.45) is 5.92 Å². The number of amides is 2. The van der Waals surface area contributed by atoms with Crippen LogP contribution in [0.4, 0.5) is 10.7 Å². The van der Waals surface area contributed by atoms with Crippen LogP contribution in [0.25, 0.3) is 0 Å². The number of nitrogens with zero attached hydrogens (tertiary/aromatic N) is 3. The van der Waals surface area contributed by atoms with Crippen LogP contribution < -0.4 is 14.7 Å². The number of hydroxylamine groups is 1. The van der Waals surface area contributed by atoms with Crippen LogP contribution >= 0.6 is 11.3 Å². The quantitative estimate of drug-likeness (QED) is 0.504. The van der Waals surface area contributed by atoms with E-state index in [9.17, 15) is 14.9 Å². The molecule has 1 aliphatic carbocycles. The van der Waals surface area contributed by atoms with E-state index in [0.29, 0.717) is 16.3 Å². The largest absolute Gasteiger partial charge is 0.497 e. The third-order valence-corrected chi connectivity index (χ3v) is 8.33. The number of imide groups is 1. The van der Waals surface area contributed by atoms with Crippen LogP contribution in [0, 0.1) is 17.2 Å². The van der Waals surface area contributed by atoms with E-state index in [1.807, 2.05) is 54.6 Å². The summed E-state index contributed by atoms with van der Waals surface area (Å²) in [4.78, 5) is 36.1. The monoisotopic (exact) mass is 485 g/mol. The lowest BCUT2D eigenvalue weighted by Gasteiger charge is -2.28. The lowest BCUT2D eigenvalue weighted by Crippen LogP contribution is -2.37. The lowest BCUT2D eigenvalue weighted by atomic mass is 9.90. The summed E-state index contributed by atoms with van der Waals surface area (Å²) in [5.74, 6) is -0.767. The third-order valence-electron chi connectivity index (χ3n) is 7.05. The van der Waals surface area contributed by atoms with Crippen LogP contribution in [0.5, 0.6) is 5.75 Å². The molecule has 0 spiro atoms. The van der Waals surface area contributed by atoms with Gasteiger partial charge in [0.25, 0.3) is 5.91 Å². The van der Waals surface area contributed by atoms with E-state index in [0.717, 1.165) is 47.4 Å². The van der Waals surface area contributed by atoms with Gasteiger partial charge in [0.2, 0.25) is 5.91 Å². The minimum atomic E-state index is -0.958. The van der Waals surface area contributed by atoms with Crippen molar-refractivity contribution in [2.45, 2.75) is 37.8 Å². The number of para-hydroxylation sites is 1. The Labute approximate surface area is 207 Å². The van der Waals surface area contributed by atoms with Gasteiger partial charge >= 0.3 is 0 Å². The molecule has 0 radical (unpaired) electrons. The minimum absolute atomic E-state index is 0.325. The van der Waals surface area contributed by atoms with Crippen LogP contribution in [0.2, 0.25) is 0 Å². The Hall–Kier alpha value is -3.67. The summed E-state index contributed by atoms with van der Waals surface area (Å²) < 4.78 is 5.30. The fourth-order valence-corrected chi connectivity index (χ4v) is 6.73. The standard InChI is InChI=1S/C27H23N3O4S/c1-33-18-13-11-16(12-14-18)23-22-24(34-30(23)17-7-3-2-4-8-17)26(32)29(25(22)31)27-20(15-28)19-9-5-6-10-21(19)35-27/h2-4,7-8,11-14,22-24H,5-6,9-10H2,1H3/t22-,23+,24-/m1/s1. The summed E-state index contributed by atoms with van der Waals surface area (Å²) in [5, 5.41) is 12.1. The van der Waals surface area contributed by atoms with E-state index in [2.05, 4.69) is 6.07 Å². The zero-order chi connectivity index (χ0) is 24.1. The number of anilines is 2. The summed E-state index contributed by atoms with van der Waals surface area (Å²) in [5.41, 5.74) is 3.07. The number of carbonyl (C=O) groups excluding carboxylic acids is 2. The summed E-state index contributed by atoms with van der Waals surface area (Å²) in [7, 11) is 1.60. The number of nitriles is 1. The second kappa shape index (κ2) is 8.52. The van der Waals surface area contributed by atoms with Gasteiger partial charge < -0.3 is 4.74 Å². The highest BCUT2D eigenvalue weighted by Crippen LogP contribution is 2.50. The summed E-state index contributed by atoms with van der Waals surface area (Å²) >= 11 is 1.41. The molecule has 2 fully saturated rings. The Kier molecular flexibility index (Phi) is 5.32. The fourth-order valence-electron chi connectivity index (χ4n) is 5.38. The fraction of sp³-hybridized carbons (Fsp3) is 0.296. The van der Waals surface area contributed by atoms with Crippen LogP contribution in [-0.4, -0.2) is 25.0 Å². The van der Waals surface area contributed by atoms with Crippen molar-refractivity contribution in [2.75, 3.05) is 17.1 Å². The first-order chi connectivity index (χ1) is 17.1. The van der Waals surface area contributed by atoms with Crippen LogP contribution in [0.3, 0.4) is 0 Å². The van der Waals surface area contributed by atoms with Gasteiger partial charge in [0.05, 0.1) is 24.4 Å². The predicted molar refractivity (Wildman–Crippen MR) is 131 cm³/mol. The highest BCUT2D eigenvalue weighted by Gasteiger charge is 2.61. The van der Waals surface area contributed by atoms with Gasteiger partial charge in [0, 0.05) is 4.88 Å². The topological polar surface area (TPSA) is 82.9 Å². The Morgan fingerprint density at radius 1 is 1.03 bits per heavy atom. The molecule has 35 heavy (non-hydrogen) atoms. The van der Waals surface area contributed by atoms with Crippen molar-refractivity contribution in [3.05, 3.63) is 76.2 Å². The van der Waals surface area contributed by atoms with Crippen LogP contribution in [0.1, 0.15) is 40.5 Å². The van der Waals surface area contributed by atoms with Gasteiger partial charge in [-0.3, -0.25) is 14.4 Å². The molecule has 7 nitrogen and oxygen atoms in total. The maximum Gasteiger partial charge on any atom is 0.267 e. The first-order valence-electron chi connectivity index (χ1n) is 11.7. The Morgan fingerprint density at radius 2 is 1.77 bits per heavy atom. The number of carbonyl (C=O) groups is 2. The molecule has 176 valence electrons. The molecule has 0 bridgehead atoms. The van der Waals surface area contributed by atoms with Crippen LogP contribution in [0.15, 0.2) is 54.6 Å². The second-order valence-corrected chi connectivity index (χ2v) is 10.0. The number of rotatable bonds is 4. The van der Waals surface area contributed by atoms with Gasteiger partial charge in [-0.25, -0.2) is 9.96 Å². The molecule has 3 heterocycles. The van der Waals surface area contributed by atoms with Crippen LogP contribution in [-0.2, 0) is 27.3 Å². The summed E-state index contributed by atoms with van der Waals surface area (Å²) in [6, 6.07) is 18.7.